The maximum Gasteiger partial charge on any atom is 0.155 e. The lowest BCUT2D eigenvalue weighted by Crippen LogP contribution is -2.54. The van der Waals surface area contributed by atoms with Crippen LogP contribution in [-0.2, 0) is 18.3 Å². The Balaban J connectivity index is 1.44. The first-order valence-corrected chi connectivity index (χ1v) is 26.4. The van der Waals surface area contributed by atoms with Crippen molar-refractivity contribution in [3.05, 3.63) is 254 Å². The van der Waals surface area contributed by atoms with Gasteiger partial charge in [-0.15, -0.1) is 0 Å². The maximum atomic E-state index is 2.62. The first kappa shape index (κ1) is 47.3. The number of hydrogen-bond acceptors (Lipinski definition) is 0. The van der Waals surface area contributed by atoms with E-state index in [0.717, 1.165) is 12.8 Å². The first-order valence-electron chi connectivity index (χ1n) is 24.9. The Hall–Kier alpha value is -6.80. The summed E-state index contributed by atoms with van der Waals surface area (Å²) in [5.74, 6) is 0. The third-order valence-corrected chi connectivity index (χ3v) is 17.6. The summed E-state index contributed by atoms with van der Waals surface area (Å²) >= 11 is 0. The molecule has 0 aliphatic carbocycles. The van der Waals surface area contributed by atoms with E-state index >= 15 is 0 Å². The molecule has 1 radical (unpaired) electrons. The molecule has 1 heteroatoms. The van der Waals surface area contributed by atoms with Gasteiger partial charge in [0.1, 0.15) is 0 Å². The van der Waals surface area contributed by atoms with Gasteiger partial charge in [0, 0.05) is 0 Å². The van der Waals surface area contributed by atoms with Crippen LogP contribution in [0.5, 0.6) is 0 Å². The van der Waals surface area contributed by atoms with Gasteiger partial charge in [0.05, 0.1) is 0 Å². The standard InChI is InChI=1S/C68H67Si/c1-44-24-18-25-45(2)63(44)57-36-22-37-58(64-46(3)26-19-27-47(64)4)61(57)42-52-40-54(68(9,10)11)41-53(67(52)69(55-32-14-12-15-33-55)56-34-16-13-17-35-56)43-62-59(65-48(5)28-20-29-49(65)6)38-23-39-60(62)66-50(7)30-21-31-51(66)8/h12-41H,42-43H2,1-11H3. The molecule has 0 bridgehead atoms. The summed E-state index contributed by atoms with van der Waals surface area (Å²) in [6.07, 6.45) is 1.57. The van der Waals surface area contributed by atoms with Crippen LogP contribution in [0.25, 0.3) is 44.5 Å². The zero-order valence-electron chi connectivity index (χ0n) is 42.7. The van der Waals surface area contributed by atoms with Crippen LogP contribution in [0.15, 0.2) is 182 Å². The number of rotatable bonds is 11. The SMILES string of the molecule is Cc1cccc(C)c1-c1cccc(-c2c(C)cccc2C)c1Cc1cc(C(C)(C)C)cc(Cc2c(-c3c(C)cccc3C)cccc2-c2c(C)cccc2C)c1[Si](c1ccccc1)c1ccccc1. The van der Waals surface area contributed by atoms with Crippen molar-refractivity contribution in [2.75, 3.05) is 0 Å². The zero-order valence-corrected chi connectivity index (χ0v) is 43.7. The molecule has 69 heavy (non-hydrogen) atoms. The molecule has 0 N–H and O–H groups in total. The van der Waals surface area contributed by atoms with Crippen molar-refractivity contribution in [1.29, 1.82) is 0 Å². The lowest BCUT2D eigenvalue weighted by molar-refractivity contribution is 0.589. The summed E-state index contributed by atoms with van der Waals surface area (Å²) in [6.45, 7) is 25.5. The largest absolute Gasteiger partial charge is 0.155 e. The van der Waals surface area contributed by atoms with Gasteiger partial charge in [-0.2, -0.15) is 0 Å². The van der Waals surface area contributed by atoms with E-state index in [4.69, 9.17) is 0 Å². The molecule has 0 saturated carbocycles. The summed E-state index contributed by atoms with van der Waals surface area (Å²) in [5.41, 5.74) is 28.0. The first-order chi connectivity index (χ1) is 33.2. The van der Waals surface area contributed by atoms with Gasteiger partial charge in [-0.05, 0) is 196 Å². The average molecular weight is 912 g/mol. The van der Waals surface area contributed by atoms with Gasteiger partial charge in [-0.25, -0.2) is 0 Å². The van der Waals surface area contributed by atoms with Crippen molar-refractivity contribution in [3.8, 4) is 44.5 Å². The molecule has 0 heterocycles. The van der Waals surface area contributed by atoms with Crippen LogP contribution in [-0.4, -0.2) is 8.80 Å². The normalized spacial score (nSPS) is 11.7. The van der Waals surface area contributed by atoms with Gasteiger partial charge in [0.2, 0.25) is 0 Å². The van der Waals surface area contributed by atoms with E-state index in [1.54, 1.807) is 0 Å². The predicted octanol–water partition coefficient (Wildman–Crippen LogP) is 15.8. The Morgan fingerprint density at radius 1 is 0.319 bits per heavy atom. The molecular weight excluding hydrogens is 845 g/mol. The van der Waals surface area contributed by atoms with Crippen LogP contribution in [0, 0.1) is 55.4 Å². The average Bonchev–Trinajstić information content (AvgIpc) is 3.31. The van der Waals surface area contributed by atoms with E-state index in [9.17, 15) is 0 Å². The lowest BCUT2D eigenvalue weighted by atomic mass is 9.79. The molecule has 9 aromatic rings. The highest BCUT2D eigenvalue weighted by Crippen LogP contribution is 2.42. The van der Waals surface area contributed by atoms with Gasteiger partial charge < -0.3 is 0 Å². The van der Waals surface area contributed by atoms with E-state index in [1.807, 2.05) is 0 Å². The quantitative estimate of drug-likeness (QED) is 0.0896. The van der Waals surface area contributed by atoms with Crippen LogP contribution in [0.3, 0.4) is 0 Å². The van der Waals surface area contributed by atoms with Crippen LogP contribution in [0.1, 0.15) is 93.1 Å². The topological polar surface area (TPSA) is 0 Å². The van der Waals surface area contributed by atoms with Gasteiger partial charge in [-0.1, -0.05) is 213 Å². The molecule has 0 nitrogen and oxygen atoms in total. The number of benzene rings is 9. The van der Waals surface area contributed by atoms with Crippen molar-refractivity contribution in [3.63, 3.8) is 0 Å². The van der Waals surface area contributed by atoms with Crippen molar-refractivity contribution in [2.24, 2.45) is 0 Å². The fourth-order valence-electron chi connectivity index (χ4n) is 11.3. The molecule has 0 unspecified atom stereocenters. The van der Waals surface area contributed by atoms with Gasteiger partial charge in [0.15, 0.2) is 8.80 Å². The fourth-order valence-corrected chi connectivity index (χ4v) is 14.2. The summed E-state index contributed by atoms with van der Waals surface area (Å²) in [5, 5.41) is 4.30. The monoisotopic (exact) mass is 912 g/mol. The molecule has 0 fully saturated rings. The minimum atomic E-state index is -1.61. The molecule has 0 aliphatic rings. The van der Waals surface area contributed by atoms with Crippen molar-refractivity contribution < 1.29 is 0 Å². The lowest BCUT2D eigenvalue weighted by Gasteiger charge is -2.30. The Kier molecular flexibility index (Phi) is 13.5. The van der Waals surface area contributed by atoms with Crippen LogP contribution in [0.4, 0.5) is 0 Å². The summed E-state index contributed by atoms with van der Waals surface area (Å²) < 4.78 is 0. The molecular formula is C68H67Si. The minimum absolute atomic E-state index is 0.114. The molecule has 0 atom stereocenters. The van der Waals surface area contributed by atoms with E-state index < -0.39 is 8.80 Å². The third-order valence-electron chi connectivity index (χ3n) is 14.6. The minimum Gasteiger partial charge on any atom is -0.0624 e. The van der Waals surface area contributed by atoms with Crippen molar-refractivity contribution in [1.82, 2.24) is 0 Å². The molecule has 0 amide bonds. The second-order valence-corrected chi connectivity index (χ2v) is 23.0. The summed E-state index contributed by atoms with van der Waals surface area (Å²) in [7, 11) is -1.61. The van der Waals surface area contributed by atoms with Crippen LogP contribution >= 0.6 is 0 Å². The Labute approximate surface area is 415 Å². The van der Waals surface area contributed by atoms with E-state index in [2.05, 4.69) is 258 Å². The van der Waals surface area contributed by atoms with Crippen LogP contribution in [0.2, 0.25) is 0 Å². The molecule has 343 valence electrons. The third kappa shape index (κ3) is 9.38. The molecule has 0 saturated heterocycles. The molecule has 9 aromatic carbocycles. The maximum absolute atomic E-state index is 2.62. The summed E-state index contributed by atoms with van der Waals surface area (Å²) in [4.78, 5) is 0. The second kappa shape index (κ2) is 19.7. The Morgan fingerprint density at radius 2 is 0.580 bits per heavy atom. The highest BCUT2D eigenvalue weighted by Gasteiger charge is 2.31. The number of aryl methyl sites for hydroxylation is 8. The highest BCUT2D eigenvalue weighted by atomic mass is 28.3. The zero-order chi connectivity index (χ0) is 48.6. The second-order valence-electron chi connectivity index (χ2n) is 20.6. The molecule has 0 aliphatic heterocycles. The smallest absolute Gasteiger partial charge is 0.0624 e. The molecule has 0 spiro atoms. The van der Waals surface area contributed by atoms with Crippen LogP contribution < -0.4 is 15.6 Å². The van der Waals surface area contributed by atoms with E-state index in [-0.39, 0.29) is 5.41 Å². The van der Waals surface area contributed by atoms with E-state index in [0.29, 0.717) is 0 Å². The van der Waals surface area contributed by atoms with E-state index in [1.165, 1.54) is 132 Å². The summed E-state index contributed by atoms with van der Waals surface area (Å²) in [6, 6.07) is 69.5. The Bertz CT molecular complexity index is 2890. The fraction of sp³-hybridized carbons (Fsp3) is 0.206. The van der Waals surface area contributed by atoms with Gasteiger partial charge in [-0.3, -0.25) is 0 Å². The Morgan fingerprint density at radius 3 is 0.841 bits per heavy atom. The van der Waals surface area contributed by atoms with Gasteiger partial charge >= 0.3 is 0 Å². The molecule has 9 rings (SSSR count). The van der Waals surface area contributed by atoms with Gasteiger partial charge in [0.25, 0.3) is 0 Å². The number of hydrogen-bond donors (Lipinski definition) is 0. The highest BCUT2D eigenvalue weighted by molar-refractivity contribution is 6.96. The van der Waals surface area contributed by atoms with Crippen molar-refractivity contribution >= 4 is 24.4 Å². The van der Waals surface area contributed by atoms with Crippen molar-refractivity contribution in [2.45, 2.75) is 94.4 Å². The molecule has 0 aromatic heterocycles. The predicted molar refractivity (Wildman–Crippen MR) is 301 cm³/mol.